The number of fused-ring (bicyclic) bond motifs is 1. The Balaban J connectivity index is 1.40. The number of likely N-dealkylation sites (N-methyl/N-ethyl adjacent to an activating group) is 2. The molecule has 41 heavy (non-hydrogen) atoms. The molecule has 0 aliphatic carbocycles. The summed E-state index contributed by atoms with van der Waals surface area (Å²) in [5.41, 5.74) is 2.84. The van der Waals surface area contributed by atoms with Gasteiger partial charge in [0.1, 0.15) is 6.26 Å². The largest absolute Gasteiger partial charge is 0.442 e. The molecule has 0 aliphatic heterocycles. The van der Waals surface area contributed by atoms with Crippen molar-refractivity contribution < 1.29 is 13.7 Å². The summed E-state index contributed by atoms with van der Waals surface area (Å²) >= 11 is 0. The summed E-state index contributed by atoms with van der Waals surface area (Å²) in [4.78, 5) is 46.4. The third-order valence-corrected chi connectivity index (χ3v) is 6.29. The van der Waals surface area contributed by atoms with Crippen LogP contribution in [0.4, 0.5) is 5.69 Å². The first-order chi connectivity index (χ1) is 19.9. The number of hydrogen-bond donors (Lipinski definition) is 0. The predicted octanol–water partition coefficient (Wildman–Crippen LogP) is 1.63. The van der Waals surface area contributed by atoms with Crippen LogP contribution in [0.3, 0.4) is 0 Å². The highest BCUT2D eigenvalue weighted by Crippen LogP contribution is 2.32. The van der Waals surface area contributed by atoms with Gasteiger partial charge in [-0.2, -0.15) is 9.61 Å². The molecule has 6 heterocycles. The molecule has 0 atom stereocenters. The third kappa shape index (κ3) is 4.91. The predicted molar refractivity (Wildman–Crippen MR) is 145 cm³/mol. The van der Waals surface area contributed by atoms with E-state index in [-0.39, 0.29) is 30.5 Å². The van der Waals surface area contributed by atoms with Gasteiger partial charge in [-0.1, -0.05) is 5.16 Å². The van der Waals surface area contributed by atoms with Crippen LogP contribution >= 0.6 is 0 Å². The van der Waals surface area contributed by atoms with Crippen molar-refractivity contribution in [2.75, 3.05) is 32.6 Å². The summed E-state index contributed by atoms with van der Waals surface area (Å²) in [6.07, 6.45) is 10.9. The van der Waals surface area contributed by atoms with Crippen LogP contribution in [0, 0.1) is 0 Å². The Morgan fingerprint density at radius 2 is 1.76 bits per heavy atom. The van der Waals surface area contributed by atoms with Crippen LogP contribution in [-0.4, -0.2) is 83.0 Å². The van der Waals surface area contributed by atoms with E-state index in [9.17, 15) is 9.59 Å². The molecule has 6 aromatic rings. The van der Waals surface area contributed by atoms with Gasteiger partial charge in [0.05, 0.1) is 43.1 Å². The molecular weight excluding hydrogens is 530 g/mol. The van der Waals surface area contributed by atoms with Crippen LogP contribution in [-0.2, 0) is 11.3 Å². The van der Waals surface area contributed by atoms with E-state index in [0.29, 0.717) is 34.1 Å². The molecule has 0 bridgehead atoms. The van der Waals surface area contributed by atoms with Crippen molar-refractivity contribution in [2.24, 2.45) is 0 Å². The van der Waals surface area contributed by atoms with Crippen molar-refractivity contribution in [3.05, 3.63) is 77.8 Å². The Bertz CT molecular complexity index is 1860. The molecule has 15 heteroatoms. The third-order valence-electron chi connectivity index (χ3n) is 6.29. The van der Waals surface area contributed by atoms with E-state index in [0.717, 1.165) is 5.56 Å². The molecule has 0 saturated carbocycles. The van der Waals surface area contributed by atoms with Gasteiger partial charge >= 0.3 is 5.69 Å². The standard InChI is InChI=1S/C26H23N11O4/c1-34(2)21(38)15-35(3)22-19(17-11-29-23(30-12-17)25-27-8-9-40-25)13-31-37-24(22)33-36(26(37)39)14-18-5-4-16(10-28-18)20-6-7-32-41-20/h4-13H,14-15H2,1-3H3. The fraction of sp³-hybridized carbons (Fsp3) is 0.192. The van der Waals surface area contributed by atoms with Crippen molar-refractivity contribution in [1.29, 1.82) is 0 Å². The number of carbonyl (C=O) groups is 1. The SMILES string of the molecule is CN(C)C(=O)CN(C)c1c(-c2cnc(-c3ncco3)nc2)cnn2c(=O)n(Cc3ccc(-c4ccno4)cn3)nc12. The Labute approximate surface area is 231 Å². The molecule has 0 unspecified atom stereocenters. The molecule has 0 radical (unpaired) electrons. The van der Waals surface area contributed by atoms with Crippen LogP contribution in [0.5, 0.6) is 0 Å². The summed E-state index contributed by atoms with van der Waals surface area (Å²) in [7, 11) is 5.10. The van der Waals surface area contributed by atoms with E-state index in [2.05, 4.69) is 35.3 Å². The first-order valence-corrected chi connectivity index (χ1v) is 12.4. The van der Waals surface area contributed by atoms with E-state index in [1.165, 1.54) is 32.8 Å². The van der Waals surface area contributed by atoms with Crippen molar-refractivity contribution in [2.45, 2.75) is 6.54 Å². The zero-order chi connectivity index (χ0) is 28.5. The maximum absolute atomic E-state index is 13.3. The number of anilines is 1. The summed E-state index contributed by atoms with van der Waals surface area (Å²) < 4.78 is 12.9. The number of rotatable bonds is 8. The highest BCUT2D eigenvalue weighted by Gasteiger charge is 2.23. The normalized spacial score (nSPS) is 11.2. The van der Waals surface area contributed by atoms with Crippen LogP contribution in [0.25, 0.3) is 39.8 Å². The van der Waals surface area contributed by atoms with Crippen LogP contribution in [0.15, 0.2) is 75.4 Å². The second-order valence-corrected chi connectivity index (χ2v) is 9.27. The summed E-state index contributed by atoms with van der Waals surface area (Å²) in [5.74, 6) is 1.05. The molecule has 6 aromatic heterocycles. The molecule has 15 nitrogen and oxygen atoms in total. The zero-order valence-corrected chi connectivity index (χ0v) is 22.2. The highest BCUT2D eigenvalue weighted by molar-refractivity contribution is 5.90. The molecule has 1 amide bonds. The van der Waals surface area contributed by atoms with E-state index >= 15 is 0 Å². The Morgan fingerprint density at radius 3 is 2.41 bits per heavy atom. The molecule has 0 fully saturated rings. The molecular formula is C26H23N11O4. The molecule has 6 rings (SSSR count). The van der Waals surface area contributed by atoms with Gasteiger partial charge in [-0.3, -0.25) is 9.78 Å². The molecule has 0 aliphatic rings. The van der Waals surface area contributed by atoms with Gasteiger partial charge in [-0.15, -0.1) is 5.10 Å². The maximum atomic E-state index is 13.3. The van der Waals surface area contributed by atoms with Crippen LogP contribution < -0.4 is 10.6 Å². The number of aromatic nitrogens is 9. The first kappa shape index (κ1) is 25.5. The second-order valence-electron chi connectivity index (χ2n) is 9.27. The Kier molecular flexibility index (Phi) is 6.51. The van der Waals surface area contributed by atoms with Crippen LogP contribution in [0.1, 0.15) is 5.69 Å². The summed E-state index contributed by atoms with van der Waals surface area (Å²) in [6.45, 7) is 0.128. The summed E-state index contributed by atoms with van der Waals surface area (Å²) in [6, 6.07) is 5.34. The lowest BCUT2D eigenvalue weighted by molar-refractivity contribution is -0.127. The fourth-order valence-electron chi connectivity index (χ4n) is 4.16. The fourth-order valence-corrected chi connectivity index (χ4v) is 4.16. The molecule has 0 aromatic carbocycles. The quantitative estimate of drug-likeness (QED) is 0.268. The number of amides is 1. The molecule has 206 valence electrons. The number of oxazole rings is 1. The topological polar surface area (TPSA) is 166 Å². The lowest BCUT2D eigenvalue weighted by Crippen LogP contribution is -2.35. The zero-order valence-electron chi connectivity index (χ0n) is 22.2. The van der Waals surface area contributed by atoms with E-state index < -0.39 is 5.69 Å². The number of nitrogens with zero attached hydrogens (tertiary/aromatic N) is 11. The van der Waals surface area contributed by atoms with Gasteiger partial charge in [0.25, 0.3) is 5.89 Å². The average molecular weight is 554 g/mol. The second kappa shape index (κ2) is 10.4. The lowest BCUT2D eigenvalue weighted by atomic mass is 10.1. The van der Waals surface area contributed by atoms with Gasteiger partial charge < -0.3 is 18.7 Å². The Hall–Kier alpha value is -5.73. The first-order valence-electron chi connectivity index (χ1n) is 12.4. The number of carbonyl (C=O) groups excluding carboxylic acids is 1. The van der Waals surface area contributed by atoms with Crippen molar-refractivity contribution in [3.63, 3.8) is 0 Å². The molecule has 0 saturated heterocycles. The minimum Gasteiger partial charge on any atom is -0.442 e. The van der Waals surface area contributed by atoms with Gasteiger partial charge in [0.15, 0.2) is 5.76 Å². The van der Waals surface area contributed by atoms with Crippen molar-refractivity contribution >= 4 is 17.2 Å². The maximum Gasteiger partial charge on any atom is 0.367 e. The van der Waals surface area contributed by atoms with Gasteiger partial charge in [0, 0.05) is 62.5 Å². The van der Waals surface area contributed by atoms with Gasteiger partial charge in [-0.25, -0.2) is 24.4 Å². The van der Waals surface area contributed by atoms with Crippen molar-refractivity contribution in [3.8, 4) is 34.2 Å². The monoisotopic (exact) mass is 553 g/mol. The summed E-state index contributed by atoms with van der Waals surface area (Å²) in [5, 5.41) is 12.7. The molecule has 0 N–H and O–H groups in total. The lowest BCUT2D eigenvalue weighted by Gasteiger charge is -2.23. The van der Waals surface area contributed by atoms with Crippen molar-refractivity contribution in [1.82, 2.24) is 49.4 Å². The van der Waals surface area contributed by atoms with Crippen LogP contribution in [0.2, 0.25) is 0 Å². The van der Waals surface area contributed by atoms with Gasteiger partial charge in [-0.05, 0) is 12.1 Å². The van der Waals surface area contributed by atoms with E-state index in [1.807, 2.05) is 6.07 Å². The average Bonchev–Trinajstić information content (AvgIpc) is 3.76. The highest BCUT2D eigenvalue weighted by atomic mass is 16.5. The minimum absolute atomic E-state index is 0.0284. The minimum atomic E-state index is -0.461. The van der Waals surface area contributed by atoms with E-state index in [1.54, 1.807) is 63.0 Å². The van der Waals surface area contributed by atoms with E-state index in [4.69, 9.17) is 8.94 Å². The molecule has 0 spiro atoms. The Morgan fingerprint density at radius 1 is 0.951 bits per heavy atom. The van der Waals surface area contributed by atoms with Gasteiger partial charge in [0.2, 0.25) is 17.4 Å². The number of pyridine rings is 1. The smallest absolute Gasteiger partial charge is 0.367 e. The number of hydrogen-bond acceptors (Lipinski definition) is 12.